The molecule has 2 aromatic heterocycles. The number of fused-ring (bicyclic) bond motifs is 1. The minimum Gasteiger partial charge on any atom is -0.337 e. The van der Waals surface area contributed by atoms with Crippen LogP contribution in [-0.2, 0) is 13.5 Å². The van der Waals surface area contributed by atoms with Gasteiger partial charge in [-0.1, -0.05) is 36.4 Å². The van der Waals surface area contributed by atoms with E-state index in [1.54, 1.807) is 0 Å². The highest BCUT2D eigenvalue weighted by Gasteiger charge is 2.11. The van der Waals surface area contributed by atoms with Gasteiger partial charge >= 0.3 is 6.03 Å². The van der Waals surface area contributed by atoms with Gasteiger partial charge in [0.25, 0.3) is 0 Å². The number of nitrogens with zero attached hydrogens (tertiary/aromatic N) is 4. The van der Waals surface area contributed by atoms with Gasteiger partial charge in [0.1, 0.15) is 5.82 Å². The SMILES string of the molecule is Cc1ccc2c(c1)nc(CCNC(=O)Nc1nc(-c3ccccc3)ns1)n2C. The van der Waals surface area contributed by atoms with Crippen molar-refractivity contribution in [2.24, 2.45) is 7.05 Å². The quantitative estimate of drug-likeness (QED) is 0.541. The highest BCUT2D eigenvalue weighted by molar-refractivity contribution is 7.10. The van der Waals surface area contributed by atoms with Crippen molar-refractivity contribution in [3.8, 4) is 11.4 Å². The second kappa shape index (κ2) is 7.77. The Labute approximate surface area is 166 Å². The molecule has 2 aromatic carbocycles. The third-order valence-corrected chi connectivity index (χ3v) is 5.07. The number of hydrogen-bond acceptors (Lipinski definition) is 5. The Morgan fingerprint density at radius 1 is 1.14 bits per heavy atom. The Morgan fingerprint density at radius 2 is 1.96 bits per heavy atom. The zero-order valence-electron chi connectivity index (χ0n) is 15.6. The van der Waals surface area contributed by atoms with Gasteiger partial charge in [0, 0.05) is 37.1 Å². The molecule has 0 saturated carbocycles. The summed E-state index contributed by atoms with van der Waals surface area (Å²) in [4.78, 5) is 21.2. The Bertz CT molecular complexity index is 1120. The number of carbonyl (C=O) groups excluding carboxylic acids is 1. The van der Waals surface area contributed by atoms with Gasteiger partial charge in [-0.05, 0) is 24.6 Å². The first-order valence-electron chi connectivity index (χ1n) is 8.96. The summed E-state index contributed by atoms with van der Waals surface area (Å²) >= 11 is 1.16. The standard InChI is InChI=1S/C20H20N6OS/c1-13-8-9-16-15(12-13)22-17(26(16)2)10-11-21-19(27)24-20-23-18(25-28-20)14-6-4-3-5-7-14/h3-9,12H,10-11H2,1-2H3,(H2,21,23,24,25,27). The lowest BCUT2D eigenvalue weighted by Gasteiger charge is -2.05. The van der Waals surface area contributed by atoms with Crippen LogP contribution in [0.4, 0.5) is 9.93 Å². The number of imidazole rings is 1. The van der Waals surface area contributed by atoms with Gasteiger partial charge in [-0.15, -0.1) is 0 Å². The van der Waals surface area contributed by atoms with Crippen LogP contribution >= 0.6 is 11.5 Å². The predicted molar refractivity (Wildman–Crippen MR) is 112 cm³/mol. The predicted octanol–water partition coefficient (Wildman–Crippen LogP) is 3.76. The van der Waals surface area contributed by atoms with E-state index in [9.17, 15) is 4.79 Å². The molecular formula is C20H20N6OS. The minimum absolute atomic E-state index is 0.301. The van der Waals surface area contributed by atoms with Crippen LogP contribution in [-0.4, -0.2) is 31.5 Å². The number of rotatable bonds is 5. The van der Waals surface area contributed by atoms with Crippen molar-refractivity contribution in [1.82, 2.24) is 24.2 Å². The maximum Gasteiger partial charge on any atom is 0.321 e. The molecule has 0 aliphatic rings. The molecule has 0 radical (unpaired) electrons. The van der Waals surface area contributed by atoms with Gasteiger partial charge in [0.05, 0.1) is 11.0 Å². The molecule has 0 atom stereocenters. The van der Waals surface area contributed by atoms with Crippen LogP contribution in [0.3, 0.4) is 0 Å². The molecule has 2 N–H and O–H groups in total. The van der Waals surface area contributed by atoms with Crippen molar-refractivity contribution in [2.75, 3.05) is 11.9 Å². The van der Waals surface area contributed by atoms with Crippen LogP contribution in [0.25, 0.3) is 22.4 Å². The van der Waals surface area contributed by atoms with E-state index in [0.717, 1.165) is 34.0 Å². The van der Waals surface area contributed by atoms with Crippen LogP contribution in [0, 0.1) is 6.92 Å². The molecule has 28 heavy (non-hydrogen) atoms. The summed E-state index contributed by atoms with van der Waals surface area (Å²) < 4.78 is 6.35. The molecular weight excluding hydrogens is 372 g/mol. The Balaban J connectivity index is 1.33. The lowest BCUT2D eigenvalue weighted by atomic mass is 10.2. The summed E-state index contributed by atoms with van der Waals surface area (Å²) in [5.74, 6) is 1.54. The Kier molecular flexibility index (Phi) is 5.03. The number of benzene rings is 2. The molecule has 7 nitrogen and oxygen atoms in total. The summed E-state index contributed by atoms with van der Waals surface area (Å²) in [6, 6.07) is 15.6. The fraction of sp³-hybridized carbons (Fsp3) is 0.200. The number of aromatic nitrogens is 4. The molecule has 0 bridgehead atoms. The van der Waals surface area contributed by atoms with Crippen LogP contribution in [0.1, 0.15) is 11.4 Å². The van der Waals surface area contributed by atoms with E-state index in [-0.39, 0.29) is 6.03 Å². The largest absolute Gasteiger partial charge is 0.337 e. The maximum absolute atomic E-state index is 12.1. The average molecular weight is 392 g/mol. The average Bonchev–Trinajstić information content (AvgIpc) is 3.27. The molecule has 2 amide bonds. The number of urea groups is 1. The van der Waals surface area contributed by atoms with Crippen molar-refractivity contribution in [1.29, 1.82) is 0 Å². The van der Waals surface area contributed by atoms with Gasteiger partial charge in [-0.2, -0.15) is 9.36 Å². The van der Waals surface area contributed by atoms with E-state index >= 15 is 0 Å². The second-order valence-corrected chi connectivity index (χ2v) is 7.25. The van der Waals surface area contributed by atoms with Crippen molar-refractivity contribution in [2.45, 2.75) is 13.3 Å². The monoisotopic (exact) mass is 392 g/mol. The smallest absolute Gasteiger partial charge is 0.321 e. The fourth-order valence-electron chi connectivity index (χ4n) is 2.99. The molecule has 142 valence electrons. The van der Waals surface area contributed by atoms with Crippen LogP contribution < -0.4 is 10.6 Å². The highest BCUT2D eigenvalue weighted by atomic mass is 32.1. The van der Waals surface area contributed by atoms with E-state index in [4.69, 9.17) is 0 Å². The van der Waals surface area contributed by atoms with E-state index in [1.165, 1.54) is 5.56 Å². The molecule has 0 aliphatic heterocycles. The maximum atomic E-state index is 12.1. The molecule has 0 saturated heterocycles. The summed E-state index contributed by atoms with van der Waals surface area (Å²) in [6.45, 7) is 2.53. The number of carbonyl (C=O) groups is 1. The third-order valence-electron chi connectivity index (χ3n) is 4.44. The molecule has 0 unspecified atom stereocenters. The minimum atomic E-state index is -0.301. The highest BCUT2D eigenvalue weighted by Crippen LogP contribution is 2.20. The van der Waals surface area contributed by atoms with Gasteiger partial charge in [0.2, 0.25) is 5.13 Å². The Hall–Kier alpha value is -3.26. The molecule has 4 rings (SSSR count). The molecule has 4 aromatic rings. The first-order chi connectivity index (χ1) is 13.6. The first kappa shape index (κ1) is 18.1. The van der Waals surface area contributed by atoms with Gasteiger partial charge < -0.3 is 9.88 Å². The van der Waals surface area contributed by atoms with Crippen LogP contribution in [0.5, 0.6) is 0 Å². The number of nitrogens with one attached hydrogen (secondary N) is 2. The summed E-state index contributed by atoms with van der Waals surface area (Å²) in [6.07, 6.45) is 0.642. The van der Waals surface area contributed by atoms with Gasteiger partial charge in [-0.25, -0.2) is 9.78 Å². The van der Waals surface area contributed by atoms with E-state index < -0.39 is 0 Å². The summed E-state index contributed by atoms with van der Waals surface area (Å²) in [7, 11) is 1.99. The molecule has 8 heteroatoms. The van der Waals surface area contributed by atoms with E-state index in [2.05, 4.69) is 54.7 Å². The lowest BCUT2D eigenvalue weighted by Crippen LogP contribution is -2.30. The fourth-order valence-corrected chi connectivity index (χ4v) is 3.58. The third kappa shape index (κ3) is 3.86. The summed E-state index contributed by atoms with van der Waals surface area (Å²) in [5.41, 5.74) is 4.17. The number of hydrogen-bond donors (Lipinski definition) is 2. The van der Waals surface area contributed by atoms with E-state index in [0.29, 0.717) is 23.9 Å². The molecule has 2 heterocycles. The van der Waals surface area contributed by atoms with Crippen molar-refractivity contribution in [3.63, 3.8) is 0 Å². The zero-order valence-corrected chi connectivity index (χ0v) is 16.5. The van der Waals surface area contributed by atoms with Gasteiger partial charge in [0.15, 0.2) is 5.82 Å². The summed E-state index contributed by atoms with van der Waals surface area (Å²) in [5, 5.41) is 6.05. The van der Waals surface area contributed by atoms with Gasteiger partial charge in [-0.3, -0.25) is 5.32 Å². The number of aryl methyl sites for hydroxylation is 2. The van der Waals surface area contributed by atoms with Crippen molar-refractivity contribution >= 4 is 33.7 Å². The first-order valence-corrected chi connectivity index (χ1v) is 9.73. The number of amides is 2. The molecule has 0 fully saturated rings. The second-order valence-electron chi connectivity index (χ2n) is 6.50. The normalized spacial score (nSPS) is 10.9. The number of anilines is 1. The topological polar surface area (TPSA) is 84.7 Å². The van der Waals surface area contributed by atoms with Crippen molar-refractivity contribution in [3.05, 3.63) is 59.9 Å². The molecule has 0 spiro atoms. The Morgan fingerprint density at radius 3 is 2.79 bits per heavy atom. The van der Waals surface area contributed by atoms with Crippen molar-refractivity contribution < 1.29 is 4.79 Å². The molecule has 0 aliphatic carbocycles. The van der Waals surface area contributed by atoms with Crippen LogP contribution in [0.15, 0.2) is 48.5 Å². The van der Waals surface area contributed by atoms with E-state index in [1.807, 2.05) is 37.4 Å². The van der Waals surface area contributed by atoms with Crippen LogP contribution in [0.2, 0.25) is 0 Å². The lowest BCUT2D eigenvalue weighted by molar-refractivity contribution is 0.252. The zero-order chi connectivity index (χ0) is 19.5.